The van der Waals surface area contributed by atoms with Gasteiger partial charge >= 0.3 is 6.36 Å². The molecule has 1 saturated carbocycles. The molecule has 0 spiro atoms. The van der Waals surface area contributed by atoms with Crippen molar-refractivity contribution in [2.45, 2.75) is 50.9 Å². The molecule has 1 unspecified atom stereocenters. The average molecular weight is 294 g/mol. The van der Waals surface area contributed by atoms with E-state index in [-0.39, 0.29) is 6.61 Å². The van der Waals surface area contributed by atoms with Gasteiger partial charge < -0.3 is 5.32 Å². The lowest BCUT2D eigenvalue weighted by Crippen LogP contribution is -2.44. The number of rotatable bonds is 4. The Labute approximate surface area is 118 Å². The Morgan fingerprint density at radius 1 is 1.10 bits per heavy atom. The molecule has 2 fully saturated rings. The van der Waals surface area contributed by atoms with Gasteiger partial charge in [-0.05, 0) is 38.3 Å². The van der Waals surface area contributed by atoms with Gasteiger partial charge in [-0.1, -0.05) is 19.3 Å². The largest absolute Gasteiger partial charge is 0.522 e. The SMILES string of the molecule is FC(F)(F)OCCN1CCCNC(C2CCCCC2)C1. The van der Waals surface area contributed by atoms with Crippen LogP contribution >= 0.6 is 0 Å². The maximum atomic E-state index is 12.0. The van der Waals surface area contributed by atoms with Crippen LogP contribution in [0.25, 0.3) is 0 Å². The predicted molar refractivity (Wildman–Crippen MR) is 71.4 cm³/mol. The number of hydrogen-bond acceptors (Lipinski definition) is 3. The molecule has 1 saturated heterocycles. The summed E-state index contributed by atoms with van der Waals surface area (Å²) in [6.07, 6.45) is 2.91. The van der Waals surface area contributed by atoms with Crippen LogP contribution in [0.15, 0.2) is 0 Å². The second kappa shape index (κ2) is 7.61. The Bertz CT molecular complexity index is 280. The number of alkyl halides is 3. The smallest absolute Gasteiger partial charge is 0.312 e. The van der Waals surface area contributed by atoms with E-state index >= 15 is 0 Å². The standard InChI is InChI=1S/C14H25F3N2O/c15-14(16,17)20-10-9-19-8-4-7-18-13(11-19)12-5-2-1-3-6-12/h12-13,18H,1-11H2. The van der Waals surface area contributed by atoms with Crippen molar-refractivity contribution >= 4 is 0 Å². The van der Waals surface area contributed by atoms with E-state index in [2.05, 4.69) is 15.0 Å². The third-order valence-corrected chi connectivity index (χ3v) is 4.40. The summed E-state index contributed by atoms with van der Waals surface area (Å²) in [4.78, 5) is 2.12. The number of ether oxygens (including phenoxy) is 1. The summed E-state index contributed by atoms with van der Waals surface area (Å²) < 4.78 is 39.9. The van der Waals surface area contributed by atoms with Gasteiger partial charge in [0.05, 0.1) is 6.61 Å². The van der Waals surface area contributed by atoms with Gasteiger partial charge in [-0.3, -0.25) is 9.64 Å². The van der Waals surface area contributed by atoms with Crippen LogP contribution in [0, 0.1) is 5.92 Å². The van der Waals surface area contributed by atoms with Gasteiger partial charge in [-0.2, -0.15) is 0 Å². The van der Waals surface area contributed by atoms with Gasteiger partial charge in [0.15, 0.2) is 0 Å². The predicted octanol–water partition coefficient (Wildman–Crippen LogP) is 2.77. The van der Waals surface area contributed by atoms with Crippen LogP contribution in [-0.2, 0) is 4.74 Å². The molecule has 0 aromatic heterocycles. The molecule has 6 heteroatoms. The summed E-state index contributed by atoms with van der Waals surface area (Å²) in [5.41, 5.74) is 0. The summed E-state index contributed by atoms with van der Waals surface area (Å²) in [7, 11) is 0. The minimum atomic E-state index is -4.51. The summed E-state index contributed by atoms with van der Waals surface area (Å²) in [5, 5.41) is 3.58. The minimum Gasteiger partial charge on any atom is -0.312 e. The summed E-state index contributed by atoms with van der Waals surface area (Å²) in [5.74, 6) is 0.688. The molecule has 0 amide bonds. The number of nitrogens with one attached hydrogen (secondary N) is 1. The third-order valence-electron chi connectivity index (χ3n) is 4.40. The Hall–Kier alpha value is -0.330. The normalized spacial score (nSPS) is 27.4. The van der Waals surface area contributed by atoms with Crippen LogP contribution in [0.1, 0.15) is 38.5 Å². The summed E-state index contributed by atoms with van der Waals surface area (Å²) >= 11 is 0. The van der Waals surface area contributed by atoms with Gasteiger partial charge in [0.25, 0.3) is 0 Å². The van der Waals surface area contributed by atoms with E-state index < -0.39 is 6.36 Å². The lowest BCUT2D eigenvalue weighted by Gasteiger charge is -2.32. The highest BCUT2D eigenvalue weighted by molar-refractivity contribution is 4.84. The van der Waals surface area contributed by atoms with Crippen LogP contribution in [-0.4, -0.2) is 50.1 Å². The van der Waals surface area contributed by atoms with Crippen LogP contribution < -0.4 is 5.32 Å². The van der Waals surface area contributed by atoms with Gasteiger partial charge in [0.1, 0.15) is 0 Å². The fourth-order valence-corrected chi connectivity index (χ4v) is 3.37. The van der Waals surface area contributed by atoms with Crippen LogP contribution in [0.5, 0.6) is 0 Å². The lowest BCUT2D eigenvalue weighted by molar-refractivity contribution is -0.325. The molecule has 0 bridgehead atoms. The fourth-order valence-electron chi connectivity index (χ4n) is 3.37. The average Bonchev–Trinajstić information content (AvgIpc) is 2.64. The van der Waals surface area contributed by atoms with Crippen molar-refractivity contribution in [3.8, 4) is 0 Å². The molecule has 1 heterocycles. The first-order chi connectivity index (χ1) is 9.54. The van der Waals surface area contributed by atoms with Crippen molar-refractivity contribution in [1.29, 1.82) is 0 Å². The topological polar surface area (TPSA) is 24.5 Å². The molecule has 0 aromatic rings. The van der Waals surface area contributed by atoms with Crippen molar-refractivity contribution < 1.29 is 17.9 Å². The highest BCUT2D eigenvalue weighted by Gasteiger charge is 2.30. The second-order valence-corrected chi connectivity index (χ2v) is 5.91. The molecule has 2 rings (SSSR count). The summed E-state index contributed by atoms with van der Waals surface area (Å²) in [6, 6.07) is 0.434. The van der Waals surface area contributed by atoms with Crippen molar-refractivity contribution in [3.05, 3.63) is 0 Å². The Morgan fingerprint density at radius 2 is 1.85 bits per heavy atom. The highest BCUT2D eigenvalue weighted by atomic mass is 19.4. The number of halogens is 3. The van der Waals surface area contributed by atoms with Crippen LogP contribution in [0.2, 0.25) is 0 Å². The van der Waals surface area contributed by atoms with Gasteiger partial charge in [-0.25, -0.2) is 0 Å². The van der Waals surface area contributed by atoms with Gasteiger partial charge in [0, 0.05) is 19.1 Å². The third kappa shape index (κ3) is 5.58. The molecule has 0 aromatic carbocycles. The van der Waals surface area contributed by atoms with E-state index in [0.29, 0.717) is 18.5 Å². The molecular formula is C14H25F3N2O. The van der Waals surface area contributed by atoms with E-state index in [1.165, 1.54) is 32.1 Å². The molecule has 2 aliphatic rings. The number of nitrogens with zero attached hydrogens (tertiary/aromatic N) is 1. The van der Waals surface area contributed by atoms with Crippen molar-refractivity contribution in [3.63, 3.8) is 0 Å². The quantitative estimate of drug-likeness (QED) is 0.863. The first kappa shape index (κ1) is 16.0. The Kier molecular flexibility index (Phi) is 6.11. The lowest BCUT2D eigenvalue weighted by atomic mass is 9.83. The molecule has 118 valence electrons. The van der Waals surface area contributed by atoms with Crippen LogP contribution in [0.4, 0.5) is 13.2 Å². The molecule has 3 nitrogen and oxygen atoms in total. The molecule has 1 N–H and O–H groups in total. The minimum absolute atomic E-state index is 0.263. The zero-order chi connectivity index (χ0) is 14.4. The van der Waals surface area contributed by atoms with Crippen molar-refractivity contribution in [1.82, 2.24) is 10.2 Å². The molecule has 1 aliphatic heterocycles. The van der Waals surface area contributed by atoms with E-state index in [0.717, 1.165) is 26.1 Å². The molecule has 0 radical (unpaired) electrons. The maximum Gasteiger partial charge on any atom is 0.522 e. The monoisotopic (exact) mass is 294 g/mol. The summed E-state index contributed by atoms with van der Waals surface area (Å²) in [6.45, 7) is 2.78. The molecule has 1 aliphatic carbocycles. The van der Waals surface area contributed by atoms with E-state index in [1.807, 2.05) is 0 Å². The maximum absolute atomic E-state index is 12.0. The molecular weight excluding hydrogens is 269 g/mol. The Morgan fingerprint density at radius 3 is 2.55 bits per heavy atom. The van der Waals surface area contributed by atoms with E-state index in [1.54, 1.807) is 0 Å². The van der Waals surface area contributed by atoms with E-state index in [4.69, 9.17) is 0 Å². The molecule has 20 heavy (non-hydrogen) atoms. The zero-order valence-electron chi connectivity index (χ0n) is 11.9. The van der Waals surface area contributed by atoms with Gasteiger partial charge in [0.2, 0.25) is 0 Å². The zero-order valence-corrected chi connectivity index (χ0v) is 11.9. The first-order valence-corrected chi connectivity index (χ1v) is 7.71. The highest BCUT2D eigenvalue weighted by Crippen LogP contribution is 2.27. The van der Waals surface area contributed by atoms with Crippen LogP contribution in [0.3, 0.4) is 0 Å². The number of hydrogen-bond donors (Lipinski definition) is 1. The van der Waals surface area contributed by atoms with E-state index in [9.17, 15) is 13.2 Å². The first-order valence-electron chi connectivity index (χ1n) is 7.71. The van der Waals surface area contributed by atoms with Crippen molar-refractivity contribution in [2.24, 2.45) is 5.92 Å². The van der Waals surface area contributed by atoms with Crippen molar-refractivity contribution in [2.75, 3.05) is 32.8 Å². The Balaban J connectivity index is 1.77. The fraction of sp³-hybridized carbons (Fsp3) is 1.00. The van der Waals surface area contributed by atoms with Gasteiger partial charge in [-0.15, -0.1) is 13.2 Å². The second-order valence-electron chi connectivity index (χ2n) is 5.91. The molecule has 1 atom stereocenters.